The van der Waals surface area contributed by atoms with Crippen molar-refractivity contribution in [3.63, 3.8) is 0 Å². The van der Waals surface area contributed by atoms with Crippen molar-refractivity contribution in [2.75, 3.05) is 7.05 Å². The first kappa shape index (κ1) is 11.6. The van der Waals surface area contributed by atoms with Gasteiger partial charge in [0, 0.05) is 5.92 Å². The van der Waals surface area contributed by atoms with Crippen LogP contribution in [-0.4, -0.2) is 17.2 Å². The first-order valence-corrected chi connectivity index (χ1v) is 6.37. The minimum Gasteiger partial charge on any atom is -0.338 e. The van der Waals surface area contributed by atoms with Gasteiger partial charge in [-0.3, -0.25) is 0 Å². The lowest BCUT2D eigenvalue weighted by atomic mass is 9.91. The van der Waals surface area contributed by atoms with E-state index in [-0.39, 0.29) is 0 Å². The quantitative estimate of drug-likeness (QED) is 0.855. The molecular weight excluding hydrogens is 202 g/mol. The van der Waals surface area contributed by atoms with Crippen molar-refractivity contribution in [1.29, 1.82) is 0 Å². The van der Waals surface area contributed by atoms with E-state index in [0.717, 1.165) is 5.82 Å². The highest BCUT2D eigenvalue weighted by Gasteiger charge is 2.18. The second kappa shape index (κ2) is 5.99. The van der Waals surface area contributed by atoms with Crippen molar-refractivity contribution >= 4 is 0 Å². The molecule has 16 heavy (non-hydrogen) atoms. The van der Waals surface area contributed by atoms with Gasteiger partial charge in [0.2, 0.25) is 5.89 Å². The monoisotopic (exact) mass is 223 g/mol. The maximum Gasteiger partial charge on any atom is 0.240 e. The summed E-state index contributed by atoms with van der Waals surface area (Å²) in [6, 6.07) is 0. The lowest BCUT2D eigenvalue weighted by Gasteiger charge is -2.15. The summed E-state index contributed by atoms with van der Waals surface area (Å²) in [5, 5.41) is 7.13. The van der Waals surface area contributed by atoms with Crippen molar-refractivity contribution in [3.05, 3.63) is 11.7 Å². The van der Waals surface area contributed by atoms with Crippen LogP contribution in [-0.2, 0) is 6.54 Å². The topological polar surface area (TPSA) is 51.0 Å². The van der Waals surface area contributed by atoms with Crippen LogP contribution in [0.3, 0.4) is 0 Å². The van der Waals surface area contributed by atoms with Gasteiger partial charge >= 0.3 is 0 Å². The van der Waals surface area contributed by atoms with Gasteiger partial charge in [0.1, 0.15) is 0 Å². The summed E-state index contributed by atoms with van der Waals surface area (Å²) in [4.78, 5) is 4.46. The zero-order valence-electron chi connectivity index (χ0n) is 10.0. The highest BCUT2D eigenvalue weighted by molar-refractivity contribution is 4.95. The number of hydrogen-bond acceptors (Lipinski definition) is 4. The van der Waals surface area contributed by atoms with Crippen LogP contribution in [0, 0.1) is 0 Å². The van der Waals surface area contributed by atoms with Gasteiger partial charge in [0.15, 0.2) is 5.82 Å². The molecule has 4 heteroatoms. The highest BCUT2D eigenvalue weighted by Crippen LogP contribution is 2.28. The molecular formula is C12H21N3O. The van der Waals surface area contributed by atoms with Crippen molar-refractivity contribution in [3.8, 4) is 0 Å². The van der Waals surface area contributed by atoms with Gasteiger partial charge < -0.3 is 9.84 Å². The van der Waals surface area contributed by atoms with E-state index >= 15 is 0 Å². The number of nitrogens with one attached hydrogen (secondary N) is 1. The second-order valence-corrected chi connectivity index (χ2v) is 4.62. The van der Waals surface area contributed by atoms with Crippen LogP contribution in [0.5, 0.6) is 0 Å². The van der Waals surface area contributed by atoms with Crippen molar-refractivity contribution < 1.29 is 4.52 Å². The molecule has 1 saturated carbocycles. The molecule has 0 spiro atoms. The van der Waals surface area contributed by atoms with Gasteiger partial charge in [0.25, 0.3) is 0 Å². The Morgan fingerprint density at radius 3 is 2.56 bits per heavy atom. The van der Waals surface area contributed by atoms with Crippen LogP contribution in [0.4, 0.5) is 0 Å². The molecule has 0 saturated heterocycles. The Bertz CT molecular complexity index is 303. The Balaban J connectivity index is 1.97. The van der Waals surface area contributed by atoms with E-state index in [4.69, 9.17) is 4.52 Å². The predicted octanol–water partition coefficient (Wildman–Crippen LogP) is 2.62. The molecule has 90 valence electrons. The molecule has 0 bridgehead atoms. The van der Waals surface area contributed by atoms with E-state index in [1.807, 2.05) is 7.05 Å². The minimum atomic E-state index is 0.523. The zero-order chi connectivity index (χ0) is 11.2. The highest BCUT2D eigenvalue weighted by atomic mass is 16.5. The number of hydrogen-bond donors (Lipinski definition) is 1. The van der Waals surface area contributed by atoms with E-state index in [0.29, 0.717) is 18.4 Å². The van der Waals surface area contributed by atoms with Gasteiger partial charge in [-0.15, -0.1) is 0 Å². The summed E-state index contributed by atoms with van der Waals surface area (Å²) in [5.74, 6) is 2.15. The fourth-order valence-corrected chi connectivity index (χ4v) is 2.37. The van der Waals surface area contributed by atoms with E-state index in [1.54, 1.807) is 0 Å². The fourth-order valence-electron chi connectivity index (χ4n) is 2.37. The molecule has 1 aliphatic rings. The third kappa shape index (κ3) is 3.04. The Hall–Kier alpha value is -0.900. The minimum absolute atomic E-state index is 0.523. The average molecular weight is 223 g/mol. The maximum atomic E-state index is 5.21. The maximum absolute atomic E-state index is 5.21. The van der Waals surface area contributed by atoms with Gasteiger partial charge in [-0.1, -0.05) is 37.3 Å². The first-order chi connectivity index (χ1) is 7.90. The molecule has 1 aromatic heterocycles. The van der Waals surface area contributed by atoms with E-state index < -0.39 is 0 Å². The van der Waals surface area contributed by atoms with Gasteiger partial charge in [-0.2, -0.15) is 4.98 Å². The lowest BCUT2D eigenvalue weighted by Crippen LogP contribution is -2.07. The molecule has 1 fully saturated rings. The zero-order valence-corrected chi connectivity index (χ0v) is 10.0. The SMILES string of the molecule is CNCc1nc(C2CCCCCCC2)no1. The Labute approximate surface area is 96.8 Å². The van der Waals surface area contributed by atoms with E-state index in [9.17, 15) is 0 Å². The molecule has 0 amide bonds. The first-order valence-electron chi connectivity index (χ1n) is 6.37. The summed E-state index contributed by atoms with van der Waals surface area (Å²) in [6.07, 6.45) is 9.16. The molecule has 1 aliphatic carbocycles. The van der Waals surface area contributed by atoms with Crippen molar-refractivity contribution in [2.24, 2.45) is 0 Å². The standard InChI is InChI=1S/C12H21N3O/c1-13-9-11-14-12(15-16-11)10-7-5-3-2-4-6-8-10/h10,13H,2-9H2,1H3. The summed E-state index contributed by atoms with van der Waals surface area (Å²) in [5.41, 5.74) is 0. The molecule has 0 unspecified atom stereocenters. The summed E-state index contributed by atoms with van der Waals surface area (Å²) in [7, 11) is 1.89. The van der Waals surface area contributed by atoms with E-state index in [1.165, 1.54) is 44.9 Å². The Morgan fingerprint density at radius 2 is 1.88 bits per heavy atom. The Morgan fingerprint density at radius 1 is 1.19 bits per heavy atom. The molecule has 4 nitrogen and oxygen atoms in total. The van der Waals surface area contributed by atoms with Crippen LogP contribution in [0.15, 0.2) is 4.52 Å². The second-order valence-electron chi connectivity index (χ2n) is 4.62. The van der Waals surface area contributed by atoms with Gasteiger partial charge in [-0.25, -0.2) is 0 Å². The smallest absolute Gasteiger partial charge is 0.240 e. The van der Waals surface area contributed by atoms with Gasteiger partial charge in [0.05, 0.1) is 6.54 Å². The van der Waals surface area contributed by atoms with Crippen LogP contribution < -0.4 is 5.32 Å². The predicted molar refractivity (Wildman–Crippen MR) is 62.1 cm³/mol. The average Bonchev–Trinajstić information content (AvgIpc) is 2.66. The fraction of sp³-hybridized carbons (Fsp3) is 0.833. The molecule has 0 aromatic carbocycles. The van der Waals surface area contributed by atoms with Gasteiger partial charge in [-0.05, 0) is 19.9 Å². The summed E-state index contributed by atoms with van der Waals surface area (Å²) >= 11 is 0. The van der Waals surface area contributed by atoms with E-state index in [2.05, 4.69) is 15.5 Å². The summed E-state index contributed by atoms with van der Waals surface area (Å²) in [6.45, 7) is 0.666. The molecule has 2 rings (SSSR count). The number of rotatable bonds is 3. The molecule has 1 heterocycles. The largest absolute Gasteiger partial charge is 0.338 e. The van der Waals surface area contributed by atoms with Crippen LogP contribution in [0.2, 0.25) is 0 Å². The van der Waals surface area contributed by atoms with Crippen LogP contribution >= 0.6 is 0 Å². The Kier molecular flexibility index (Phi) is 4.34. The van der Waals surface area contributed by atoms with Crippen LogP contribution in [0.25, 0.3) is 0 Å². The summed E-state index contributed by atoms with van der Waals surface area (Å²) < 4.78 is 5.21. The molecule has 0 radical (unpaired) electrons. The molecule has 1 N–H and O–H groups in total. The third-order valence-corrected chi connectivity index (χ3v) is 3.28. The number of nitrogens with zero attached hydrogens (tertiary/aromatic N) is 2. The molecule has 0 aliphatic heterocycles. The van der Waals surface area contributed by atoms with Crippen molar-refractivity contribution in [2.45, 2.75) is 57.4 Å². The lowest BCUT2D eigenvalue weighted by molar-refractivity contribution is 0.356. The third-order valence-electron chi connectivity index (χ3n) is 3.28. The molecule has 1 aromatic rings. The normalized spacial score (nSPS) is 19.3. The van der Waals surface area contributed by atoms with Crippen molar-refractivity contribution in [1.82, 2.24) is 15.5 Å². The molecule has 0 atom stereocenters. The number of aromatic nitrogens is 2. The van der Waals surface area contributed by atoms with Crippen LogP contribution in [0.1, 0.15) is 62.6 Å².